The molecule has 0 aromatic heterocycles. The van der Waals surface area contributed by atoms with Gasteiger partial charge >= 0.3 is 0 Å². The number of rotatable bonds is 26. The Morgan fingerprint density at radius 2 is 1.17 bits per heavy atom. The Balaban J connectivity index is 1.12. The second-order valence-electron chi connectivity index (χ2n) is 11.9. The third-order valence-corrected chi connectivity index (χ3v) is 8.26. The van der Waals surface area contributed by atoms with E-state index >= 15 is 0 Å². The van der Waals surface area contributed by atoms with Crippen molar-refractivity contribution in [2.75, 3.05) is 85.5 Å². The van der Waals surface area contributed by atoms with Crippen molar-refractivity contribution in [2.45, 2.75) is 18.1 Å². The normalized spacial score (nSPS) is 11.9. The number of anilines is 1. The third-order valence-electron chi connectivity index (χ3n) is 8.26. The van der Waals surface area contributed by atoms with E-state index in [1.54, 1.807) is 14.2 Å². The van der Waals surface area contributed by atoms with Gasteiger partial charge in [-0.3, -0.25) is 20.2 Å². The third kappa shape index (κ3) is 12.2. The van der Waals surface area contributed by atoms with E-state index in [-0.39, 0.29) is 36.9 Å². The number of aliphatic hydroxyl groups excluding tert-OH is 1. The number of hydrogen-bond acceptors (Lipinski definition) is 13. The highest BCUT2D eigenvalue weighted by atomic mass is 16.6. The number of nitro benzene ring substituents is 2. The molecule has 0 aliphatic carbocycles. The number of aliphatic hydroxyl groups is 1. The van der Waals surface area contributed by atoms with Gasteiger partial charge in [0.15, 0.2) is 0 Å². The zero-order valence-electron chi connectivity index (χ0n) is 30.4. The minimum absolute atomic E-state index is 0.0114. The summed E-state index contributed by atoms with van der Waals surface area (Å²) >= 11 is 0. The van der Waals surface area contributed by atoms with Gasteiger partial charge < -0.3 is 43.6 Å². The van der Waals surface area contributed by atoms with Gasteiger partial charge in [0.25, 0.3) is 11.4 Å². The van der Waals surface area contributed by atoms with Gasteiger partial charge in [0.2, 0.25) is 0 Å². The molecule has 54 heavy (non-hydrogen) atoms. The summed E-state index contributed by atoms with van der Waals surface area (Å²) in [5, 5.41) is 35.9. The molecule has 4 aromatic rings. The minimum atomic E-state index is -1.05. The van der Waals surface area contributed by atoms with Gasteiger partial charge in [-0.1, -0.05) is 54.6 Å². The van der Waals surface area contributed by atoms with Crippen LogP contribution in [-0.2, 0) is 29.3 Å². The molecule has 0 aliphatic rings. The average molecular weight is 750 g/mol. The van der Waals surface area contributed by atoms with Crippen molar-refractivity contribution in [3.63, 3.8) is 0 Å². The van der Waals surface area contributed by atoms with Crippen molar-refractivity contribution in [2.24, 2.45) is 0 Å². The summed E-state index contributed by atoms with van der Waals surface area (Å²) in [7, 11) is 3.24. The molecule has 0 amide bonds. The van der Waals surface area contributed by atoms with Crippen LogP contribution in [0.4, 0.5) is 17.1 Å². The zero-order valence-corrected chi connectivity index (χ0v) is 30.4. The van der Waals surface area contributed by atoms with E-state index in [9.17, 15) is 25.3 Å². The molecule has 1 unspecified atom stereocenters. The highest BCUT2D eigenvalue weighted by Crippen LogP contribution is 2.41. The molecule has 0 saturated carbocycles. The van der Waals surface area contributed by atoms with Crippen LogP contribution in [0.5, 0.6) is 11.5 Å². The molecule has 0 aliphatic heterocycles. The average Bonchev–Trinajstić information content (AvgIpc) is 3.20. The summed E-state index contributed by atoms with van der Waals surface area (Å²) in [5.41, 5.74) is 1.08. The summed E-state index contributed by atoms with van der Waals surface area (Å²) in [6, 6.07) is 28.7. The molecule has 15 nitrogen and oxygen atoms in total. The van der Waals surface area contributed by atoms with Crippen LogP contribution in [0.15, 0.2) is 97.1 Å². The van der Waals surface area contributed by atoms with Crippen molar-refractivity contribution in [3.05, 3.63) is 134 Å². The molecular weight excluding hydrogens is 702 g/mol. The molecule has 0 radical (unpaired) electrons. The van der Waals surface area contributed by atoms with Gasteiger partial charge in [-0.25, -0.2) is 0 Å². The van der Waals surface area contributed by atoms with Gasteiger partial charge in [0.05, 0.1) is 83.0 Å². The first-order valence-corrected chi connectivity index (χ1v) is 17.4. The van der Waals surface area contributed by atoms with E-state index < -0.39 is 21.6 Å². The standard InChI is InChI=1S/C39H47N3O12/c1-48-35-14-9-31(10-15-35)39(30-7-4-3-5-8-30,32-11-16-36(49-2)17-12-32)54-29-34(43)28-53-26-25-52-24-23-51-22-21-50-20-6-19-40-37-18-13-33(41(44)45)27-38(37)42(46)47/h3-5,7-18,27,34,40,43H,6,19-26,28-29H2,1-2H3. The Bertz CT molecular complexity index is 1660. The van der Waals surface area contributed by atoms with E-state index in [0.717, 1.165) is 22.8 Å². The second-order valence-corrected chi connectivity index (χ2v) is 11.9. The van der Waals surface area contributed by atoms with Gasteiger partial charge in [0, 0.05) is 19.2 Å². The van der Waals surface area contributed by atoms with Gasteiger partial charge in [-0.2, -0.15) is 0 Å². The van der Waals surface area contributed by atoms with E-state index in [1.165, 1.54) is 12.1 Å². The number of nitro groups is 2. The molecule has 4 aromatic carbocycles. The molecule has 0 bridgehead atoms. The summed E-state index contributed by atoms with van der Waals surface area (Å²) in [4.78, 5) is 20.8. The maximum atomic E-state index is 11.2. The van der Waals surface area contributed by atoms with Crippen molar-refractivity contribution in [3.8, 4) is 11.5 Å². The van der Waals surface area contributed by atoms with Crippen LogP contribution in [-0.4, -0.2) is 101 Å². The fraction of sp³-hybridized carbons (Fsp3) is 0.385. The van der Waals surface area contributed by atoms with E-state index in [4.69, 9.17) is 33.2 Å². The highest BCUT2D eigenvalue weighted by molar-refractivity contribution is 5.65. The van der Waals surface area contributed by atoms with Crippen LogP contribution in [0.25, 0.3) is 0 Å². The monoisotopic (exact) mass is 749 g/mol. The maximum absolute atomic E-state index is 11.2. The van der Waals surface area contributed by atoms with E-state index in [1.807, 2.05) is 78.9 Å². The molecule has 1 atom stereocenters. The van der Waals surface area contributed by atoms with Gasteiger partial charge in [-0.05, 0) is 53.4 Å². The summed E-state index contributed by atoms with van der Waals surface area (Å²) in [5.74, 6) is 1.43. The first kappa shape index (κ1) is 41.6. The zero-order chi connectivity index (χ0) is 38.6. The lowest BCUT2D eigenvalue weighted by Crippen LogP contribution is -2.36. The fourth-order valence-corrected chi connectivity index (χ4v) is 5.55. The summed E-state index contributed by atoms with van der Waals surface area (Å²) in [6.45, 7) is 2.88. The predicted molar refractivity (Wildman–Crippen MR) is 200 cm³/mol. The van der Waals surface area contributed by atoms with Crippen LogP contribution in [0.2, 0.25) is 0 Å². The van der Waals surface area contributed by atoms with Crippen molar-refractivity contribution < 1.29 is 48.1 Å². The summed E-state index contributed by atoms with van der Waals surface area (Å²) < 4.78 is 39.8. The molecule has 4 rings (SSSR count). The fourth-order valence-electron chi connectivity index (χ4n) is 5.55. The lowest BCUT2D eigenvalue weighted by atomic mass is 9.80. The number of hydrogen-bond donors (Lipinski definition) is 2. The van der Waals surface area contributed by atoms with Crippen LogP contribution in [0.1, 0.15) is 23.1 Å². The Morgan fingerprint density at radius 3 is 1.69 bits per heavy atom. The molecule has 0 saturated heterocycles. The molecule has 0 heterocycles. The van der Waals surface area contributed by atoms with Crippen molar-refractivity contribution in [1.29, 1.82) is 0 Å². The molecule has 0 fully saturated rings. The Labute approximate surface area is 314 Å². The van der Waals surface area contributed by atoms with Crippen molar-refractivity contribution in [1.82, 2.24) is 0 Å². The number of non-ortho nitro benzene ring substituents is 1. The summed E-state index contributed by atoms with van der Waals surface area (Å²) in [6.07, 6.45) is -0.346. The quantitative estimate of drug-likeness (QED) is 0.0342. The van der Waals surface area contributed by atoms with E-state index in [0.29, 0.717) is 64.1 Å². The van der Waals surface area contributed by atoms with Crippen molar-refractivity contribution >= 4 is 17.1 Å². The number of nitrogens with one attached hydrogen (secondary N) is 1. The minimum Gasteiger partial charge on any atom is -0.497 e. The van der Waals surface area contributed by atoms with Crippen LogP contribution in [0, 0.1) is 20.2 Å². The highest BCUT2D eigenvalue weighted by Gasteiger charge is 2.38. The van der Waals surface area contributed by atoms with Crippen LogP contribution in [0.3, 0.4) is 0 Å². The largest absolute Gasteiger partial charge is 0.497 e. The first-order chi connectivity index (χ1) is 26.3. The lowest BCUT2D eigenvalue weighted by molar-refractivity contribution is -0.393. The number of methoxy groups -OCH3 is 2. The SMILES string of the molecule is COc1ccc(C(OCC(O)COCCOCCOCCOCCCNc2ccc([N+](=O)[O-])cc2[N+](=O)[O-])(c2ccccc2)c2ccc(OC)cc2)cc1. The Hall–Kier alpha value is -5.16. The molecule has 290 valence electrons. The van der Waals surface area contributed by atoms with Gasteiger partial charge in [-0.15, -0.1) is 0 Å². The molecule has 0 spiro atoms. The maximum Gasteiger partial charge on any atom is 0.299 e. The molecule has 2 N–H and O–H groups in total. The Kier molecular flexibility index (Phi) is 17.1. The molecule has 15 heteroatoms. The lowest BCUT2D eigenvalue weighted by Gasteiger charge is -2.36. The predicted octanol–water partition coefficient (Wildman–Crippen LogP) is 5.76. The van der Waals surface area contributed by atoms with Crippen LogP contribution < -0.4 is 14.8 Å². The smallest absolute Gasteiger partial charge is 0.299 e. The topological polar surface area (TPSA) is 183 Å². The Morgan fingerprint density at radius 1 is 0.648 bits per heavy atom. The number of benzene rings is 4. The van der Waals surface area contributed by atoms with Crippen LogP contribution >= 0.6 is 0 Å². The van der Waals surface area contributed by atoms with Gasteiger partial charge in [0.1, 0.15) is 28.9 Å². The van der Waals surface area contributed by atoms with E-state index in [2.05, 4.69) is 5.32 Å². The number of nitrogens with zero attached hydrogens (tertiary/aromatic N) is 2. The molecular formula is C39H47N3O12. The first-order valence-electron chi connectivity index (χ1n) is 17.4. The number of ether oxygens (including phenoxy) is 7. The second kappa shape index (κ2) is 22.1.